The van der Waals surface area contributed by atoms with Crippen LogP contribution in [-0.2, 0) is 0 Å². The largest absolute Gasteiger partial charge is 0.236 e. The lowest BCUT2D eigenvalue weighted by Crippen LogP contribution is -1.52. The van der Waals surface area contributed by atoms with Gasteiger partial charge in [0.2, 0.25) is 10.6 Å². The first-order chi connectivity index (χ1) is 2.64. The molecular formula is C2Cl2F2. The zero-order valence-electron chi connectivity index (χ0n) is 2.51. The van der Waals surface area contributed by atoms with Crippen LogP contribution in [0.3, 0.4) is 0 Å². The number of hydrogen-bond donors (Lipinski definition) is 0. The molecule has 0 aliphatic heterocycles. The molecule has 0 aromatic rings. The van der Waals surface area contributed by atoms with Gasteiger partial charge in [-0.2, -0.15) is 8.78 Å². The van der Waals surface area contributed by atoms with Crippen molar-refractivity contribution in [1.82, 2.24) is 0 Å². The maximum Gasteiger partial charge on any atom is 0.236 e. The van der Waals surface area contributed by atoms with Gasteiger partial charge in [0.25, 0.3) is 0 Å². The van der Waals surface area contributed by atoms with Gasteiger partial charge in [-0.05, 0) is 23.2 Å². The van der Waals surface area contributed by atoms with Crippen LogP contribution in [0.2, 0.25) is 0 Å². The highest BCUT2D eigenvalue weighted by Crippen LogP contribution is 2.14. The predicted octanol–water partition coefficient (Wildman–Crippen LogP) is 2.53. The van der Waals surface area contributed by atoms with E-state index < -0.39 is 10.6 Å². The Hall–Kier alpha value is 0.180. The third-order valence-electron chi connectivity index (χ3n) is 0.143. The van der Waals surface area contributed by atoms with Gasteiger partial charge in [-0.3, -0.25) is 0 Å². The number of halogens is 4. The molecule has 0 N–H and O–H groups in total. The van der Waals surface area contributed by atoms with E-state index in [1.807, 2.05) is 0 Å². The van der Waals surface area contributed by atoms with Crippen molar-refractivity contribution in [1.29, 1.82) is 0 Å². The van der Waals surface area contributed by atoms with E-state index in [-0.39, 0.29) is 0 Å². The first kappa shape index (κ1) is 6.18. The molecule has 0 aromatic heterocycles. The Morgan fingerprint density at radius 1 is 1.00 bits per heavy atom. The second-order valence-corrected chi connectivity index (χ2v) is 1.18. The zero-order chi connectivity index (χ0) is 5.15. The molecule has 0 unspecified atom stereocenters. The molecule has 36 valence electrons. The van der Waals surface area contributed by atoms with Crippen molar-refractivity contribution in [2.75, 3.05) is 0 Å². The van der Waals surface area contributed by atoms with Crippen molar-refractivity contribution >= 4 is 23.2 Å². The summed E-state index contributed by atoms with van der Waals surface area (Å²) in [6.07, 6.45) is 0. The fourth-order valence-corrected chi connectivity index (χ4v) is 0. The summed E-state index contributed by atoms with van der Waals surface area (Å²) in [5, 5.41) is -3.01. The van der Waals surface area contributed by atoms with Gasteiger partial charge in [-0.1, -0.05) is 0 Å². The summed E-state index contributed by atoms with van der Waals surface area (Å²) < 4.78 is 21.9. The lowest BCUT2D eigenvalue weighted by molar-refractivity contribution is 0.609. The monoisotopic (exact) mass is 132 g/mol. The van der Waals surface area contributed by atoms with Crippen molar-refractivity contribution in [3.63, 3.8) is 0 Å². The molecule has 0 aliphatic rings. The van der Waals surface area contributed by atoms with Gasteiger partial charge in [-0.25, -0.2) is 0 Å². The molecule has 0 heterocycles. The maximum atomic E-state index is 11.0. The van der Waals surface area contributed by atoms with E-state index in [0.717, 1.165) is 0 Å². The molecule has 0 aromatic carbocycles. The van der Waals surface area contributed by atoms with Crippen LogP contribution >= 0.6 is 23.2 Å². The third kappa shape index (κ3) is 2.42. The van der Waals surface area contributed by atoms with E-state index in [4.69, 9.17) is 0 Å². The Morgan fingerprint density at radius 3 is 1.17 bits per heavy atom. The van der Waals surface area contributed by atoms with Crippen molar-refractivity contribution in [2.24, 2.45) is 0 Å². The molecule has 0 nitrogen and oxygen atoms in total. The van der Waals surface area contributed by atoms with Crippen LogP contribution in [0.15, 0.2) is 10.6 Å². The SMILES string of the molecule is F/C(Cl)=C(/F)Cl. The van der Waals surface area contributed by atoms with Crippen LogP contribution in [0.5, 0.6) is 0 Å². The van der Waals surface area contributed by atoms with Gasteiger partial charge in [0.1, 0.15) is 0 Å². The molecule has 0 rings (SSSR count). The highest BCUT2D eigenvalue weighted by molar-refractivity contribution is 6.37. The lowest BCUT2D eigenvalue weighted by Gasteiger charge is -1.72. The normalized spacial score (nSPS) is 14.0. The summed E-state index contributed by atoms with van der Waals surface area (Å²) in [5.74, 6) is 0. The zero-order valence-corrected chi connectivity index (χ0v) is 4.02. The van der Waals surface area contributed by atoms with Gasteiger partial charge in [0.05, 0.1) is 0 Å². The summed E-state index contributed by atoms with van der Waals surface area (Å²) in [6.45, 7) is 0. The number of hydrogen-bond acceptors (Lipinski definition) is 0. The van der Waals surface area contributed by atoms with Gasteiger partial charge in [0.15, 0.2) is 0 Å². The average molecular weight is 133 g/mol. The fraction of sp³-hybridized carbons (Fsp3) is 0. The topological polar surface area (TPSA) is 0 Å². The van der Waals surface area contributed by atoms with Crippen LogP contribution in [0.25, 0.3) is 0 Å². The van der Waals surface area contributed by atoms with Crippen LogP contribution in [0.4, 0.5) is 8.78 Å². The predicted molar refractivity (Wildman–Crippen MR) is 20.9 cm³/mol. The molecule has 0 amide bonds. The number of rotatable bonds is 0. The Morgan fingerprint density at radius 2 is 1.17 bits per heavy atom. The summed E-state index contributed by atoms with van der Waals surface area (Å²) >= 11 is 8.64. The second-order valence-electron chi connectivity index (χ2n) is 0.521. The minimum atomic E-state index is -1.50. The van der Waals surface area contributed by atoms with E-state index in [9.17, 15) is 8.78 Å². The molecule has 0 aliphatic carbocycles. The maximum absolute atomic E-state index is 11.0. The fourth-order valence-electron chi connectivity index (χ4n) is 0. The Balaban J connectivity index is 3.68. The highest BCUT2D eigenvalue weighted by Gasteiger charge is 1.93. The van der Waals surface area contributed by atoms with Crippen molar-refractivity contribution < 1.29 is 8.78 Å². The highest BCUT2D eigenvalue weighted by atomic mass is 35.5. The molecule has 0 bridgehead atoms. The van der Waals surface area contributed by atoms with Crippen molar-refractivity contribution in [2.45, 2.75) is 0 Å². The van der Waals surface area contributed by atoms with Crippen LogP contribution < -0.4 is 0 Å². The lowest BCUT2D eigenvalue weighted by atomic mass is 11.1. The van der Waals surface area contributed by atoms with Gasteiger partial charge in [0, 0.05) is 0 Å². The van der Waals surface area contributed by atoms with Crippen molar-refractivity contribution in [3.8, 4) is 0 Å². The van der Waals surface area contributed by atoms with E-state index in [1.165, 1.54) is 0 Å². The molecule has 0 saturated heterocycles. The smallest absolute Gasteiger partial charge is 0.189 e. The summed E-state index contributed by atoms with van der Waals surface area (Å²) in [4.78, 5) is 0. The molecule has 0 fully saturated rings. The Bertz CT molecular complexity index is 59.6. The van der Waals surface area contributed by atoms with E-state index in [0.29, 0.717) is 0 Å². The Kier molecular flexibility index (Phi) is 2.44. The van der Waals surface area contributed by atoms with Crippen LogP contribution in [-0.4, -0.2) is 0 Å². The van der Waals surface area contributed by atoms with Gasteiger partial charge < -0.3 is 0 Å². The molecule has 0 atom stereocenters. The first-order valence-corrected chi connectivity index (χ1v) is 1.76. The molecule has 0 spiro atoms. The minimum absolute atomic E-state index is 1.50. The van der Waals surface area contributed by atoms with E-state index >= 15 is 0 Å². The van der Waals surface area contributed by atoms with E-state index in [2.05, 4.69) is 23.2 Å². The summed E-state index contributed by atoms with van der Waals surface area (Å²) in [5.41, 5.74) is 0. The van der Waals surface area contributed by atoms with Gasteiger partial charge in [-0.15, -0.1) is 0 Å². The summed E-state index contributed by atoms with van der Waals surface area (Å²) in [7, 11) is 0. The third-order valence-corrected chi connectivity index (χ3v) is 0.571. The molecule has 4 heteroatoms. The Labute approximate surface area is 43.4 Å². The summed E-state index contributed by atoms with van der Waals surface area (Å²) in [6, 6.07) is 0. The minimum Gasteiger partial charge on any atom is -0.189 e. The standard InChI is InChI=1S/C2Cl2F2/c3-1(5)2(4)6/b2-1+. The first-order valence-electron chi connectivity index (χ1n) is 1.01. The second kappa shape index (κ2) is 2.37. The average Bonchev–Trinajstić information content (AvgIpc) is 1.36. The molecule has 6 heavy (non-hydrogen) atoms. The molecular weight excluding hydrogens is 133 g/mol. The van der Waals surface area contributed by atoms with E-state index in [1.54, 1.807) is 0 Å². The van der Waals surface area contributed by atoms with Gasteiger partial charge >= 0.3 is 0 Å². The molecule has 0 radical (unpaired) electrons. The molecule has 0 saturated carbocycles. The van der Waals surface area contributed by atoms with Crippen LogP contribution in [0, 0.1) is 0 Å². The van der Waals surface area contributed by atoms with Crippen molar-refractivity contribution in [3.05, 3.63) is 10.6 Å². The van der Waals surface area contributed by atoms with Crippen LogP contribution in [0.1, 0.15) is 0 Å². The quantitative estimate of drug-likeness (QED) is 0.476.